The Labute approximate surface area is 179 Å². The van der Waals surface area contributed by atoms with Crippen LogP contribution in [0.1, 0.15) is 18.1 Å². The average molecular weight is 421 g/mol. The fraction of sp³-hybridized carbons (Fsp3) is 0.217. The number of esters is 1. The molecule has 0 atom stereocenters. The first-order chi connectivity index (χ1) is 15.0. The van der Waals surface area contributed by atoms with Crippen molar-refractivity contribution in [1.29, 1.82) is 0 Å². The highest BCUT2D eigenvalue weighted by atomic mass is 16.5. The molecule has 2 aromatic carbocycles. The molecule has 0 unspecified atom stereocenters. The Morgan fingerprint density at radius 1 is 1.03 bits per heavy atom. The molecule has 8 heteroatoms. The molecule has 0 aliphatic heterocycles. The van der Waals surface area contributed by atoms with Crippen molar-refractivity contribution in [2.45, 2.75) is 19.9 Å². The largest absolute Gasteiger partial charge is 0.469 e. The summed E-state index contributed by atoms with van der Waals surface area (Å²) in [5.41, 5.74) is 3.29. The van der Waals surface area contributed by atoms with Crippen LogP contribution in [-0.2, 0) is 27.2 Å². The van der Waals surface area contributed by atoms with E-state index >= 15 is 0 Å². The van der Waals surface area contributed by atoms with E-state index in [1.807, 2.05) is 30.3 Å². The first-order valence-electron chi connectivity index (χ1n) is 9.75. The van der Waals surface area contributed by atoms with Crippen LogP contribution in [0.5, 0.6) is 0 Å². The predicted molar refractivity (Wildman–Crippen MR) is 116 cm³/mol. The van der Waals surface area contributed by atoms with Crippen molar-refractivity contribution in [3.8, 4) is 11.3 Å². The minimum Gasteiger partial charge on any atom is -0.469 e. The number of hydrogen-bond acceptors (Lipinski definition) is 6. The number of rotatable bonds is 7. The molecular formula is C23H23N3O5. The van der Waals surface area contributed by atoms with Gasteiger partial charge in [0, 0.05) is 17.3 Å². The third-order valence-corrected chi connectivity index (χ3v) is 4.45. The second kappa shape index (κ2) is 10.2. The highest BCUT2D eigenvalue weighted by molar-refractivity contribution is 5.84. The van der Waals surface area contributed by atoms with Crippen molar-refractivity contribution >= 4 is 17.7 Å². The molecule has 1 aromatic heterocycles. The van der Waals surface area contributed by atoms with Gasteiger partial charge >= 0.3 is 12.1 Å². The zero-order valence-corrected chi connectivity index (χ0v) is 17.3. The van der Waals surface area contributed by atoms with Gasteiger partial charge in [-0.15, -0.1) is 0 Å². The number of amides is 1. The third kappa shape index (κ3) is 6.02. The minimum absolute atomic E-state index is 0.157. The van der Waals surface area contributed by atoms with E-state index in [1.165, 1.54) is 17.9 Å². The van der Waals surface area contributed by atoms with Crippen molar-refractivity contribution in [2.24, 2.45) is 0 Å². The van der Waals surface area contributed by atoms with Gasteiger partial charge in [-0.05, 0) is 42.3 Å². The molecule has 1 amide bonds. The van der Waals surface area contributed by atoms with E-state index in [1.54, 1.807) is 31.2 Å². The summed E-state index contributed by atoms with van der Waals surface area (Å²) in [5, 5.41) is 7.11. The molecule has 3 aromatic rings. The van der Waals surface area contributed by atoms with Crippen LogP contribution in [0.2, 0.25) is 0 Å². The van der Waals surface area contributed by atoms with Gasteiger partial charge in [-0.1, -0.05) is 30.3 Å². The highest BCUT2D eigenvalue weighted by Crippen LogP contribution is 2.18. The molecule has 1 heterocycles. The van der Waals surface area contributed by atoms with Gasteiger partial charge in [0.05, 0.1) is 32.4 Å². The second-order valence-corrected chi connectivity index (χ2v) is 6.71. The van der Waals surface area contributed by atoms with Gasteiger partial charge < -0.3 is 9.47 Å². The van der Waals surface area contributed by atoms with Gasteiger partial charge in [0.15, 0.2) is 0 Å². The first-order valence-corrected chi connectivity index (χ1v) is 9.75. The fourth-order valence-electron chi connectivity index (χ4n) is 3.00. The van der Waals surface area contributed by atoms with E-state index in [-0.39, 0.29) is 31.1 Å². The molecule has 1 N–H and O–H groups in total. The maximum absolute atomic E-state index is 12.4. The van der Waals surface area contributed by atoms with Gasteiger partial charge in [0.25, 0.3) is 5.56 Å². The van der Waals surface area contributed by atoms with E-state index in [2.05, 4.69) is 10.4 Å². The maximum atomic E-state index is 12.4. The molecule has 8 nitrogen and oxygen atoms in total. The monoisotopic (exact) mass is 421 g/mol. The molecule has 0 fully saturated rings. The molecule has 160 valence electrons. The molecule has 3 rings (SSSR count). The SMILES string of the molecule is CCOC(=O)Nc1cccc(Cn2nc(-c3cccc(CC(=O)OC)c3)ccc2=O)c1. The number of methoxy groups -OCH3 is 1. The van der Waals surface area contributed by atoms with E-state index in [0.717, 1.165) is 16.7 Å². The Morgan fingerprint density at radius 3 is 2.58 bits per heavy atom. The van der Waals surface area contributed by atoms with E-state index < -0.39 is 6.09 Å². The van der Waals surface area contributed by atoms with Gasteiger partial charge in [0.2, 0.25) is 0 Å². The van der Waals surface area contributed by atoms with Crippen LogP contribution in [0.15, 0.2) is 65.5 Å². The van der Waals surface area contributed by atoms with Crippen LogP contribution >= 0.6 is 0 Å². The number of benzene rings is 2. The lowest BCUT2D eigenvalue weighted by molar-refractivity contribution is -0.139. The van der Waals surface area contributed by atoms with Gasteiger partial charge in [-0.3, -0.25) is 14.9 Å². The number of nitrogens with zero attached hydrogens (tertiary/aromatic N) is 2. The molecular weight excluding hydrogens is 398 g/mol. The summed E-state index contributed by atoms with van der Waals surface area (Å²) < 4.78 is 10.9. The van der Waals surface area contributed by atoms with E-state index in [9.17, 15) is 14.4 Å². The summed E-state index contributed by atoms with van der Waals surface area (Å²) >= 11 is 0. The Kier molecular flexibility index (Phi) is 7.16. The summed E-state index contributed by atoms with van der Waals surface area (Å²) in [4.78, 5) is 35.5. The summed E-state index contributed by atoms with van der Waals surface area (Å²) in [7, 11) is 1.35. The molecule has 31 heavy (non-hydrogen) atoms. The van der Waals surface area contributed by atoms with Crippen molar-refractivity contribution in [3.63, 3.8) is 0 Å². The lowest BCUT2D eigenvalue weighted by atomic mass is 10.1. The summed E-state index contributed by atoms with van der Waals surface area (Å²) in [6.45, 7) is 2.23. The van der Waals surface area contributed by atoms with Crippen LogP contribution in [0.25, 0.3) is 11.3 Å². The van der Waals surface area contributed by atoms with Crippen LogP contribution in [0.3, 0.4) is 0 Å². The quantitative estimate of drug-likeness (QED) is 0.588. The molecule has 0 aliphatic carbocycles. The highest BCUT2D eigenvalue weighted by Gasteiger charge is 2.09. The molecule has 0 radical (unpaired) electrons. The fourth-order valence-corrected chi connectivity index (χ4v) is 3.00. The van der Waals surface area contributed by atoms with Crippen LogP contribution in [0, 0.1) is 0 Å². The number of ether oxygens (including phenoxy) is 2. The lowest BCUT2D eigenvalue weighted by Gasteiger charge is -2.10. The van der Waals surface area contributed by atoms with Crippen LogP contribution < -0.4 is 10.9 Å². The van der Waals surface area contributed by atoms with Gasteiger partial charge in [0.1, 0.15) is 0 Å². The molecule has 0 spiro atoms. The Bertz CT molecular complexity index is 1140. The second-order valence-electron chi connectivity index (χ2n) is 6.71. The number of carbonyl (C=O) groups is 2. The smallest absolute Gasteiger partial charge is 0.411 e. The topological polar surface area (TPSA) is 99.5 Å². The molecule has 0 aliphatic rings. The molecule has 0 bridgehead atoms. The number of aromatic nitrogens is 2. The van der Waals surface area contributed by atoms with Gasteiger partial charge in [-0.25, -0.2) is 9.48 Å². The average Bonchev–Trinajstić information content (AvgIpc) is 2.76. The third-order valence-electron chi connectivity index (χ3n) is 4.45. The number of hydrogen-bond donors (Lipinski definition) is 1. The summed E-state index contributed by atoms with van der Waals surface area (Å²) in [6.07, 6.45) is -0.381. The molecule has 0 saturated heterocycles. The van der Waals surface area contributed by atoms with Crippen molar-refractivity contribution in [2.75, 3.05) is 19.0 Å². The normalized spacial score (nSPS) is 10.4. The first kappa shape index (κ1) is 21.8. The Morgan fingerprint density at radius 2 is 1.81 bits per heavy atom. The Balaban J connectivity index is 1.83. The summed E-state index contributed by atoms with van der Waals surface area (Å²) in [5.74, 6) is -0.327. The zero-order chi connectivity index (χ0) is 22.2. The number of nitrogens with one attached hydrogen (secondary N) is 1. The number of carbonyl (C=O) groups excluding carboxylic acids is 2. The minimum atomic E-state index is -0.538. The zero-order valence-electron chi connectivity index (χ0n) is 17.3. The van der Waals surface area contributed by atoms with E-state index in [0.29, 0.717) is 11.4 Å². The maximum Gasteiger partial charge on any atom is 0.411 e. The number of anilines is 1. The lowest BCUT2D eigenvalue weighted by Crippen LogP contribution is -2.23. The van der Waals surface area contributed by atoms with Crippen molar-refractivity contribution in [3.05, 3.63) is 82.1 Å². The molecule has 0 saturated carbocycles. The van der Waals surface area contributed by atoms with Crippen LogP contribution in [0.4, 0.5) is 10.5 Å². The predicted octanol–water partition coefficient (Wildman–Crippen LogP) is 3.24. The van der Waals surface area contributed by atoms with Crippen molar-refractivity contribution < 1.29 is 19.1 Å². The summed E-state index contributed by atoms with van der Waals surface area (Å²) in [6, 6.07) is 17.6. The van der Waals surface area contributed by atoms with E-state index in [4.69, 9.17) is 9.47 Å². The van der Waals surface area contributed by atoms with Crippen molar-refractivity contribution in [1.82, 2.24) is 9.78 Å². The Hall–Kier alpha value is -3.94. The van der Waals surface area contributed by atoms with Crippen LogP contribution in [-0.4, -0.2) is 35.6 Å². The van der Waals surface area contributed by atoms with Gasteiger partial charge in [-0.2, -0.15) is 5.10 Å². The standard InChI is InChI=1S/C23H23N3O5/c1-3-31-23(29)24-19-9-5-7-17(13-19)15-26-21(27)11-10-20(25-26)18-8-4-6-16(12-18)14-22(28)30-2/h4-13H,3,14-15H2,1-2H3,(H,24,29).